The van der Waals surface area contributed by atoms with Gasteiger partial charge in [-0.25, -0.2) is 9.97 Å². The Morgan fingerprint density at radius 3 is 2.96 bits per heavy atom. The molecule has 0 saturated carbocycles. The highest BCUT2D eigenvalue weighted by molar-refractivity contribution is 7.15. The van der Waals surface area contributed by atoms with Gasteiger partial charge in [-0.2, -0.15) is 0 Å². The second kappa shape index (κ2) is 7.18. The van der Waals surface area contributed by atoms with E-state index >= 15 is 0 Å². The number of nitrogens with zero attached hydrogens (tertiary/aromatic N) is 4. The summed E-state index contributed by atoms with van der Waals surface area (Å²) in [5, 5.41) is 3.62. The molecule has 4 aromatic rings. The van der Waals surface area contributed by atoms with Crippen molar-refractivity contribution in [1.82, 2.24) is 19.3 Å². The SMILES string of the molecule is O=C(Nc1nc2c(s1)CN(Cc1ccccc1)CC2)c1ccc2nccn2c1. The molecule has 0 saturated heterocycles. The van der Waals surface area contributed by atoms with Crippen molar-refractivity contribution in [3.05, 3.63) is 82.8 Å². The number of aromatic nitrogens is 3. The lowest BCUT2D eigenvalue weighted by Gasteiger charge is -2.25. The first-order valence-corrected chi connectivity index (χ1v) is 10.1. The summed E-state index contributed by atoms with van der Waals surface area (Å²) in [5.74, 6) is -0.150. The third kappa shape index (κ3) is 3.42. The van der Waals surface area contributed by atoms with Crippen molar-refractivity contribution < 1.29 is 4.79 Å². The quantitative estimate of drug-likeness (QED) is 0.579. The summed E-state index contributed by atoms with van der Waals surface area (Å²) in [6.45, 7) is 2.79. The number of anilines is 1. The Balaban J connectivity index is 1.28. The number of carbonyl (C=O) groups is 1. The second-order valence-corrected chi connectivity index (χ2v) is 7.98. The molecule has 6 nitrogen and oxygen atoms in total. The molecular weight excluding hydrogens is 370 g/mol. The molecule has 0 spiro atoms. The van der Waals surface area contributed by atoms with Gasteiger partial charge in [-0.3, -0.25) is 15.0 Å². The minimum absolute atomic E-state index is 0.150. The zero-order chi connectivity index (χ0) is 18.9. The van der Waals surface area contributed by atoms with Gasteiger partial charge in [-0.15, -0.1) is 11.3 Å². The molecule has 0 aliphatic carbocycles. The van der Waals surface area contributed by atoms with Crippen LogP contribution in [-0.4, -0.2) is 31.7 Å². The number of hydrogen-bond donors (Lipinski definition) is 1. The normalized spacial score (nSPS) is 14.1. The van der Waals surface area contributed by atoms with E-state index in [1.807, 2.05) is 22.7 Å². The molecule has 1 amide bonds. The Morgan fingerprint density at radius 1 is 1.18 bits per heavy atom. The molecule has 4 heterocycles. The number of pyridine rings is 1. The molecule has 0 unspecified atom stereocenters. The summed E-state index contributed by atoms with van der Waals surface area (Å²) < 4.78 is 1.84. The molecule has 1 aliphatic rings. The fourth-order valence-corrected chi connectivity index (χ4v) is 4.55. The highest BCUT2D eigenvalue weighted by Crippen LogP contribution is 2.29. The Hall–Kier alpha value is -3.03. The minimum Gasteiger partial charge on any atom is -0.306 e. The summed E-state index contributed by atoms with van der Waals surface area (Å²) in [5.41, 5.74) is 3.83. The smallest absolute Gasteiger partial charge is 0.258 e. The van der Waals surface area contributed by atoms with Crippen LogP contribution in [0.5, 0.6) is 0 Å². The largest absolute Gasteiger partial charge is 0.306 e. The van der Waals surface area contributed by atoms with Gasteiger partial charge in [0.25, 0.3) is 5.91 Å². The third-order valence-corrected chi connectivity index (χ3v) is 5.93. The van der Waals surface area contributed by atoms with Gasteiger partial charge >= 0.3 is 0 Å². The molecule has 1 N–H and O–H groups in total. The van der Waals surface area contributed by atoms with E-state index in [2.05, 4.69) is 44.5 Å². The van der Waals surface area contributed by atoms with E-state index in [1.54, 1.807) is 29.8 Å². The average Bonchev–Trinajstić information content (AvgIpc) is 3.34. The molecule has 5 rings (SSSR count). The third-order valence-electron chi connectivity index (χ3n) is 4.93. The fraction of sp³-hybridized carbons (Fsp3) is 0.190. The van der Waals surface area contributed by atoms with E-state index in [9.17, 15) is 4.79 Å². The monoisotopic (exact) mass is 389 g/mol. The van der Waals surface area contributed by atoms with E-state index in [1.165, 1.54) is 10.4 Å². The van der Waals surface area contributed by atoms with E-state index in [0.717, 1.165) is 37.4 Å². The summed E-state index contributed by atoms with van der Waals surface area (Å²) in [7, 11) is 0. The van der Waals surface area contributed by atoms with Crippen molar-refractivity contribution >= 4 is 28.0 Å². The molecular formula is C21H19N5OS. The van der Waals surface area contributed by atoms with Crippen molar-refractivity contribution in [2.24, 2.45) is 0 Å². The molecule has 1 aliphatic heterocycles. The lowest BCUT2D eigenvalue weighted by molar-refractivity contribution is 0.102. The number of amides is 1. The lowest BCUT2D eigenvalue weighted by Crippen LogP contribution is -2.29. The topological polar surface area (TPSA) is 62.5 Å². The lowest BCUT2D eigenvalue weighted by atomic mass is 10.1. The van der Waals surface area contributed by atoms with E-state index in [-0.39, 0.29) is 5.91 Å². The molecule has 28 heavy (non-hydrogen) atoms. The molecule has 0 radical (unpaired) electrons. The zero-order valence-electron chi connectivity index (χ0n) is 15.2. The molecule has 1 aromatic carbocycles. The van der Waals surface area contributed by atoms with Gasteiger partial charge in [0.15, 0.2) is 5.13 Å². The number of nitrogens with one attached hydrogen (secondary N) is 1. The van der Waals surface area contributed by atoms with Crippen LogP contribution >= 0.6 is 11.3 Å². The predicted octanol–water partition coefficient (Wildman–Crippen LogP) is 3.60. The molecule has 140 valence electrons. The number of thiazole rings is 1. The van der Waals surface area contributed by atoms with Crippen LogP contribution in [0.15, 0.2) is 61.1 Å². The Kier molecular flexibility index (Phi) is 4.38. The van der Waals surface area contributed by atoms with E-state index in [0.29, 0.717) is 10.7 Å². The second-order valence-electron chi connectivity index (χ2n) is 6.90. The van der Waals surface area contributed by atoms with Crippen molar-refractivity contribution in [2.45, 2.75) is 19.5 Å². The standard InChI is InChI=1S/C21H19N5OS/c27-20(16-6-7-19-22-9-11-26(19)13-16)24-21-23-17-8-10-25(14-18(17)28-21)12-15-4-2-1-3-5-15/h1-7,9,11,13H,8,10,12,14H2,(H,23,24,27). The number of imidazole rings is 1. The fourth-order valence-electron chi connectivity index (χ4n) is 3.50. The maximum absolute atomic E-state index is 12.6. The summed E-state index contributed by atoms with van der Waals surface area (Å²) in [6, 6.07) is 14.1. The molecule has 7 heteroatoms. The molecule has 3 aromatic heterocycles. The molecule has 0 bridgehead atoms. The van der Waals surface area contributed by atoms with Gasteiger partial charge in [-0.05, 0) is 17.7 Å². The summed E-state index contributed by atoms with van der Waals surface area (Å²) in [4.78, 5) is 25.1. The van der Waals surface area contributed by atoms with Crippen LogP contribution in [0.3, 0.4) is 0 Å². The predicted molar refractivity (Wildman–Crippen MR) is 110 cm³/mol. The van der Waals surface area contributed by atoms with Crippen LogP contribution in [-0.2, 0) is 19.5 Å². The average molecular weight is 389 g/mol. The highest BCUT2D eigenvalue weighted by Gasteiger charge is 2.21. The number of fused-ring (bicyclic) bond motifs is 2. The van der Waals surface area contributed by atoms with Crippen molar-refractivity contribution in [3.8, 4) is 0 Å². The first-order valence-electron chi connectivity index (χ1n) is 9.23. The van der Waals surface area contributed by atoms with Crippen molar-refractivity contribution in [1.29, 1.82) is 0 Å². The maximum atomic E-state index is 12.6. The van der Waals surface area contributed by atoms with Crippen LogP contribution in [0.2, 0.25) is 0 Å². The van der Waals surface area contributed by atoms with Crippen LogP contribution < -0.4 is 5.32 Å². The van der Waals surface area contributed by atoms with Gasteiger partial charge < -0.3 is 4.40 Å². The first-order chi connectivity index (χ1) is 13.7. The van der Waals surface area contributed by atoms with E-state index in [4.69, 9.17) is 0 Å². The van der Waals surface area contributed by atoms with Crippen molar-refractivity contribution in [3.63, 3.8) is 0 Å². The number of hydrogen-bond acceptors (Lipinski definition) is 5. The van der Waals surface area contributed by atoms with Gasteiger partial charge in [0, 0.05) is 49.5 Å². The van der Waals surface area contributed by atoms with Crippen molar-refractivity contribution in [2.75, 3.05) is 11.9 Å². The summed E-state index contributed by atoms with van der Waals surface area (Å²) >= 11 is 1.57. The Labute approximate surface area is 166 Å². The van der Waals surface area contributed by atoms with Crippen LogP contribution in [0, 0.1) is 0 Å². The maximum Gasteiger partial charge on any atom is 0.258 e. The van der Waals surface area contributed by atoms with E-state index < -0.39 is 0 Å². The first kappa shape index (κ1) is 17.1. The van der Waals surface area contributed by atoms with Crippen LogP contribution in [0.25, 0.3) is 5.65 Å². The zero-order valence-corrected chi connectivity index (χ0v) is 16.0. The van der Waals surface area contributed by atoms with Gasteiger partial charge in [0.2, 0.25) is 0 Å². The number of rotatable bonds is 4. The van der Waals surface area contributed by atoms with Crippen LogP contribution in [0.1, 0.15) is 26.5 Å². The number of benzene rings is 1. The van der Waals surface area contributed by atoms with Gasteiger partial charge in [0.05, 0.1) is 11.3 Å². The summed E-state index contributed by atoms with van der Waals surface area (Å²) in [6.07, 6.45) is 6.24. The Morgan fingerprint density at radius 2 is 2.07 bits per heavy atom. The minimum atomic E-state index is -0.150. The van der Waals surface area contributed by atoms with Gasteiger partial charge in [0.1, 0.15) is 5.65 Å². The van der Waals surface area contributed by atoms with Crippen LogP contribution in [0.4, 0.5) is 5.13 Å². The molecule has 0 fully saturated rings. The van der Waals surface area contributed by atoms with Gasteiger partial charge in [-0.1, -0.05) is 30.3 Å². The Bertz CT molecular complexity index is 1130. The molecule has 0 atom stereocenters. The number of carbonyl (C=O) groups excluding carboxylic acids is 1. The highest BCUT2D eigenvalue weighted by atomic mass is 32.1.